The highest BCUT2D eigenvalue weighted by Crippen LogP contribution is 2.10. The third-order valence-electron chi connectivity index (χ3n) is 2.54. The second kappa shape index (κ2) is 7.43. The van der Waals surface area contributed by atoms with Crippen LogP contribution in [0.4, 0.5) is 0 Å². The van der Waals surface area contributed by atoms with Gasteiger partial charge >= 0.3 is 5.97 Å². The van der Waals surface area contributed by atoms with Crippen molar-refractivity contribution in [2.75, 3.05) is 19.7 Å². The van der Waals surface area contributed by atoms with Crippen LogP contribution in [-0.2, 0) is 4.79 Å². The van der Waals surface area contributed by atoms with Gasteiger partial charge in [0.15, 0.2) is 0 Å². The van der Waals surface area contributed by atoms with E-state index in [-0.39, 0.29) is 12.2 Å². The Bertz CT molecular complexity index is 212. The molecule has 0 amide bonds. The van der Waals surface area contributed by atoms with Crippen molar-refractivity contribution in [3.05, 3.63) is 12.2 Å². The molecular formula is C11H21NO3. The molecule has 88 valence electrons. The first kappa shape index (κ1) is 14.1. The largest absolute Gasteiger partial charge is 0.478 e. The first-order valence-corrected chi connectivity index (χ1v) is 5.32. The van der Waals surface area contributed by atoms with E-state index in [1.165, 1.54) is 0 Å². The lowest BCUT2D eigenvalue weighted by molar-refractivity contribution is -0.133. The Hall–Kier alpha value is -0.870. The molecule has 0 aromatic carbocycles. The van der Waals surface area contributed by atoms with E-state index >= 15 is 0 Å². The van der Waals surface area contributed by atoms with Crippen LogP contribution in [0, 0.1) is 0 Å². The van der Waals surface area contributed by atoms with E-state index in [0.717, 1.165) is 12.8 Å². The average molecular weight is 215 g/mol. The predicted octanol–water partition coefficient (Wildman–Crippen LogP) is 1.11. The zero-order valence-corrected chi connectivity index (χ0v) is 9.57. The van der Waals surface area contributed by atoms with Crippen molar-refractivity contribution in [3.8, 4) is 0 Å². The molecule has 4 heteroatoms. The molecule has 2 N–H and O–H groups in total. The molecule has 0 heterocycles. The Morgan fingerprint density at radius 2 is 1.93 bits per heavy atom. The third-order valence-corrected chi connectivity index (χ3v) is 2.54. The molecule has 0 unspecified atom stereocenters. The van der Waals surface area contributed by atoms with Crippen molar-refractivity contribution in [2.24, 2.45) is 0 Å². The molecule has 0 saturated heterocycles. The van der Waals surface area contributed by atoms with Gasteiger partial charge in [0.2, 0.25) is 0 Å². The van der Waals surface area contributed by atoms with Crippen molar-refractivity contribution in [1.82, 2.24) is 4.90 Å². The van der Waals surface area contributed by atoms with Gasteiger partial charge in [-0.1, -0.05) is 20.4 Å². The van der Waals surface area contributed by atoms with Crippen molar-refractivity contribution in [1.29, 1.82) is 0 Å². The fourth-order valence-corrected chi connectivity index (χ4v) is 1.64. The first-order valence-electron chi connectivity index (χ1n) is 5.32. The molecule has 0 spiro atoms. The Morgan fingerprint density at radius 1 is 1.40 bits per heavy atom. The number of aliphatic hydroxyl groups is 1. The number of aliphatic carboxylic acids is 1. The van der Waals surface area contributed by atoms with Gasteiger partial charge in [-0.3, -0.25) is 4.90 Å². The second-order valence-electron chi connectivity index (χ2n) is 3.57. The Morgan fingerprint density at radius 3 is 2.27 bits per heavy atom. The quantitative estimate of drug-likeness (QED) is 0.595. The molecule has 0 atom stereocenters. The lowest BCUT2D eigenvalue weighted by atomic mass is 10.1. The number of aliphatic hydroxyl groups excluding tert-OH is 1. The second-order valence-corrected chi connectivity index (χ2v) is 3.57. The summed E-state index contributed by atoms with van der Waals surface area (Å²) >= 11 is 0. The van der Waals surface area contributed by atoms with Gasteiger partial charge < -0.3 is 10.2 Å². The Kier molecular flexibility index (Phi) is 6.99. The maximum atomic E-state index is 10.6. The smallest absolute Gasteiger partial charge is 0.332 e. The summed E-state index contributed by atoms with van der Waals surface area (Å²) in [7, 11) is 0. The number of carbonyl (C=O) groups is 1. The van der Waals surface area contributed by atoms with E-state index in [1.807, 2.05) is 4.90 Å². The molecule has 4 nitrogen and oxygen atoms in total. The van der Waals surface area contributed by atoms with Crippen LogP contribution in [0.15, 0.2) is 12.2 Å². The van der Waals surface area contributed by atoms with Gasteiger partial charge in [-0.25, -0.2) is 4.79 Å². The van der Waals surface area contributed by atoms with Crippen LogP contribution in [-0.4, -0.2) is 46.8 Å². The summed E-state index contributed by atoms with van der Waals surface area (Å²) < 4.78 is 0. The molecular weight excluding hydrogens is 194 g/mol. The van der Waals surface area contributed by atoms with Crippen LogP contribution in [0.25, 0.3) is 0 Å². The summed E-state index contributed by atoms with van der Waals surface area (Å²) in [6.07, 6.45) is 1.90. The van der Waals surface area contributed by atoms with Crippen LogP contribution < -0.4 is 0 Å². The lowest BCUT2D eigenvalue weighted by Gasteiger charge is -2.29. The molecule has 0 aliphatic carbocycles. The van der Waals surface area contributed by atoms with Crippen LogP contribution >= 0.6 is 0 Å². The minimum absolute atomic E-state index is 0.0450. The van der Waals surface area contributed by atoms with Gasteiger partial charge in [0.25, 0.3) is 0 Å². The van der Waals surface area contributed by atoms with E-state index in [2.05, 4.69) is 20.4 Å². The van der Waals surface area contributed by atoms with E-state index in [4.69, 9.17) is 10.2 Å². The summed E-state index contributed by atoms with van der Waals surface area (Å²) in [5.74, 6) is -0.969. The zero-order valence-electron chi connectivity index (χ0n) is 9.57. The maximum absolute atomic E-state index is 10.6. The molecule has 0 aliphatic heterocycles. The van der Waals surface area contributed by atoms with Gasteiger partial charge in [0, 0.05) is 24.7 Å². The fraction of sp³-hybridized carbons (Fsp3) is 0.727. The van der Waals surface area contributed by atoms with Gasteiger partial charge in [-0.2, -0.15) is 0 Å². The summed E-state index contributed by atoms with van der Waals surface area (Å²) in [6.45, 7) is 8.48. The normalized spacial score (nSPS) is 11.0. The molecule has 0 bridgehead atoms. The number of hydrogen-bond donors (Lipinski definition) is 2. The fourth-order valence-electron chi connectivity index (χ4n) is 1.64. The van der Waals surface area contributed by atoms with E-state index in [9.17, 15) is 4.79 Å². The molecule has 0 aliphatic rings. The molecule has 0 aromatic rings. The predicted molar refractivity (Wildman–Crippen MR) is 59.8 cm³/mol. The monoisotopic (exact) mass is 215 g/mol. The highest BCUT2D eigenvalue weighted by molar-refractivity contribution is 5.86. The van der Waals surface area contributed by atoms with Gasteiger partial charge in [-0.05, 0) is 12.8 Å². The van der Waals surface area contributed by atoms with Gasteiger partial charge in [0.05, 0.1) is 6.61 Å². The standard InChI is InChI=1S/C11H21NO3/c1-4-10(5-2)12(6-7-13)8-9(3)11(14)15/h10,13H,3-8H2,1-2H3,(H,14,15). The topological polar surface area (TPSA) is 60.8 Å². The van der Waals surface area contributed by atoms with Crippen molar-refractivity contribution in [2.45, 2.75) is 32.7 Å². The van der Waals surface area contributed by atoms with Crippen LogP contribution in [0.2, 0.25) is 0 Å². The lowest BCUT2D eigenvalue weighted by Crippen LogP contribution is -2.38. The molecule has 15 heavy (non-hydrogen) atoms. The minimum atomic E-state index is -0.969. The van der Waals surface area contributed by atoms with Crippen LogP contribution in [0.5, 0.6) is 0 Å². The molecule has 0 saturated carbocycles. The average Bonchev–Trinajstić information content (AvgIpc) is 2.19. The number of carboxylic acids is 1. The number of carboxylic acid groups (broad SMARTS) is 1. The minimum Gasteiger partial charge on any atom is -0.478 e. The Labute approximate surface area is 91.2 Å². The highest BCUT2D eigenvalue weighted by atomic mass is 16.4. The van der Waals surface area contributed by atoms with Crippen LogP contribution in [0.1, 0.15) is 26.7 Å². The molecule has 0 fully saturated rings. The summed E-state index contributed by atoms with van der Waals surface area (Å²) in [6, 6.07) is 0.313. The molecule has 0 radical (unpaired) electrons. The van der Waals surface area contributed by atoms with Crippen LogP contribution in [0.3, 0.4) is 0 Å². The zero-order chi connectivity index (χ0) is 11.8. The molecule has 0 aromatic heterocycles. The molecule has 0 rings (SSSR count). The first-order chi connectivity index (χ1) is 7.06. The number of rotatable bonds is 8. The highest BCUT2D eigenvalue weighted by Gasteiger charge is 2.17. The Balaban J connectivity index is 4.37. The number of nitrogens with zero attached hydrogens (tertiary/aromatic N) is 1. The van der Waals surface area contributed by atoms with E-state index < -0.39 is 5.97 Å². The van der Waals surface area contributed by atoms with E-state index in [0.29, 0.717) is 19.1 Å². The van der Waals surface area contributed by atoms with Crippen molar-refractivity contribution >= 4 is 5.97 Å². The number of hydrogen-bond acceptors (Lipinski definition) is 3. The van der Waals surface area contributed by atoms with Crippen molar-refractivity contribution < 1.29 is 15.0 Å². The van der Waals surface area contributed by atoms with Crippen molar-refractivity contribution in [3.63, 3.8) is 0 Å². The summed E-state index contributed by atoms with van der Waals surface area (Å²) in [5, 5.41) is 17.6. The van der Waals surface area contributed by atoms with Gasteiger partial charge in [-0.15, -0.1) is 0 Å². The SMILES string of the molecule is C=C(CN(CCO)C(CC)CC)C(=O)O. The third kappa shape index (κ3) is 4.95. The summed E-state index contributed by atoms with van der Waals surface area (Å²) in [5.41, 5.74) is 0.176. The summed E-state index contributed by atoms with van der Waals surface area (Å²) in [4.78, 5) is 12.6. The maximum Gasteiger partial charge on any atom is 0.332 e. The van der Waals surface area contributed by atoms with E-state index in [1.54, 1.807) is 0 Å². The van der Waals surface area contributed by atoms with Gasteiger partial charge in [0.1, 0.15) is 0 Å².